The van der Waals surface area contributed by atoms with Gasteiger partial charge in [-0.15, -0.1) is 0 Å². The van der Waals surface area contributed by atoms with E-state index in [1.807, 2.05) is 7.11 Å². The van der Waals surface area contributed by atoms with Crippen molar-refractivity contribution in [1.29, 1.82) is 0 Å². The zero-order valence-electron chi connectivity index (χ0n) is 14.1. The molecule has 1 atom stereocenters. The molecular formula is C18H34N2O. The number of nitrogens with one attached hydrogen (secondary N) is 1. The third-order valence-electron chi connectivity index (χ3n) is 6.05. The molecule has 0 aromatic rings. The fraction of sp³-hybridized carbons (Fsp3) is 1.00. The van der Waals surface area contributed by atoms with Gasteiger partial charge in [-0.3, -0.25) is 4.90 Å². The molecule has 0 radical (unpaired) electrons. The molecule has 1 heterocycles. The average molecular weight is 294 g/mol. The standard InChI is InChI=1S/C18H34N2O/c1-17(21-2)9-6-12-20(14-17)15-18(10-4-3-5-11-18)13-19-16-7-8-16/h16,19H,3-15H2,1-2H3. The Morgan fingerprint density at radius 1 is 1.10 bits per heavy atom. The maximum absolute atomic E-state index is 5.78. The second-order valence-corrected chi connectivity index (χ2v) is 8.18. The highest BCUT2D eigenvalue weighted by Gasteiger charge is 2.38. The lowest BCUT2D eigenvalue weighted by molar-refractivity contribution is -0.0620. The highest BCUT2D eigenvalue weighted by atomic mass is 16.5. The summed E-state index contributed by atoms with van der Waals surface area (Å²) in [4.78, 5) is 2.70. The number of hydrogen-bond donors (Lipinski definition) is 1. The first kappa shape index (κ1) is 15.8. The van der Waals surface area contributed by atoms with Crippen molar-refractivity contribution in [1.82, 2.24) is 10.2 Å². The van der Waals surface area contributed by atoms with Crippen molar-refractivity contribution in [3.05, 3.63) is 0 Å². The molecule has 2 saturated carbocycles. The molecule has 0 aromatic carbocycles. The Morgan fingerprint density at radius 3 is 2.52 bits per heavy atom. The largest absolute Gasteiger partial charge is 0.377 e. The van der Waals surface area contributed by atoms with Gasteiger partial charge in [0.05, 0.1) is 5.60 Å². The lowest BCUT2D eigenvalue weighted by Gasteiger charge is -2.46. The number of rotatable bonds is 6. The number of methoxy groups -OCH3 is 1. The summed E-state index contributed by atoms with van der Waals surface area (Å²) in [5.74, 6) is 0. The Labute approximate surface area is 130 Å². The molecule has 2 aliphatic carbocycles. The van der Waals surface area contributed by atoms with Gasteiger partial charge in [0.25, 0.3) is 0 Å². The molecule has 122 valence electrons. The molecule has 1 aliphatic heterocycles. The van der Waals surface area contributed by atoms with E-state index in [0.29, 0.717) is 5.41 Å². The van der Waals surface area contributed by atoms with Gasteiger partial charge < -0.3 is 10.1 Å². The molecule has 3 fully saturated rings. The summed E-state index contributed by atoms with van der Waals surface area (Å²) in [5.41, 5.74) is 0.616. The maximum Gasteiger partial charge on any atom is 0.0777 e. The predicted molar refractivity (Wildman–Crippen MR) is 87.6 cm³/mol. The zero-order valence-corrected chi connectivity index (χ0v) is 14.1. The molecule has 3 rings (SSSR count). The molecule has 3 nitrogen and oxygen atoms in total. The lowest BCUT2D eigenvalue weighted by Crippen LogP contribution is -2.53. The summed E-state index contributed by atoms with van der Waals surface area (Å²) in [7, 11) is 1.88. The van der Waals surface area contributed by atoms with E-state index < -0.39 is 0 Å². The number of piperidine rings is 1. The van der Waals surface area contributed by atoms with Crippen molar-refractivity contribution in [2.24, 2.45) is 5.41 Å². The van der Waals surface area contributed by atoms with E-state index in [1.54, 1.807) is 0 Å². The van der Waals surface area contributed by atoms with Gasteiger partial charge in [-0.05, 0) is 57.4 Å². The lowest BCUT2D eigenvalue weighted by atomic mass is 9.73. The first-order valence-electron chi connectivity index (χ1n) is 9.14. The van der Waals surface area contributed by atoms with Crippen LogP contribution in [0.4, 0.5) is 0 Å². The van der Waals surface area contributed by atoms with Crippen LogP contribution in [0, 0.1) is 5.41 Å². The quantitative estimate of drug-likeness (QED) is 0.814. The van der Waals surface area contributed by atoms with Crippen molar-refractivity contribution >= 4 is 0 Å². The van der Waals surface area contributed by atoms with Gasteiger partial charge in [0.2, 0.25) is 0 Å². The number of nitrogens with zero attached hydrogens (tertiary/aromatic N) is 1. The minimum atomic E-state index is 0.0814. The molecule has 21 heavy (non-hydrogen) atoms. The van der Waals surface area contributed by atoms with Crippen LogP contribution < -0.4 is 5.32 Å². The molecule has 0 aromatic heterocycles. The van der Waals surface area contributed by atoms with Crippen LogP contribution in [0.5, 0.6) is 0 Å². The Hall–Kier alpha value is -0.120. The average Bonchev–Trinajstić information content (AvgIpc) is 3.31. The van der Waals surface area contributed by atoms with Crippen LogP contribution in [0.2, 0.25) is 0 Å². The number of hydrogen-bond acceptors (Lipinski definition) is 3. The van der Waals surface area contributed by atoms with E-state index in [1.165, 1.54) is 77.4 Å². The Balaban J connectivity index is 1.59. The smallest absolute Gasteiger partial charge is 0.0777 e. The second-order valence-electron chi connectivity index (χ2n) is 8.18. The monoisotopic (exact) mass is 294 g/mol. The number of ether oxygens (including phenoxy) is 1. The maximum atomic E-state index is 5.78. The SMILES string of the molecule is COC1(C)CCCN(CC2(CNC3CC3)CCCCC2)C1. The van der Waals surface area contributed by atoms with Crippen LogP contribution in [0.3, 0.4) is 0 Å². The van der Waals surface area contributed by atoms with Crippen LogP contribution >= 0.6 is 0 Å². The van der Waals surface area contributed by atoms with Crippen LogP contribution in [0.15, 0.2) is 0 Å². The Kier molecular flexibility index (Phi) is 4.92. The van der Waals surface area contributed by atoms with Gasteiger partial charge in [0.1, 0.15) is 0 Å². The highest BCUT2D eigenvalue weighted by molar-refractivity contribution is 4.94. The van der Waals surface area contributed by atoms with Gasteiger partial charge in [0, 0.05) is 32.8 Å². The highest BCUT2D eigenvalue weighted by Crippen LogP contribution is 2.38. The summed E-state index contributed by atoms with van der Waals surface area (Å²) in [5, 5.41) is 3.83. The topological polar surface area (TPSA) is 24.5 Å². The third-order valence-corrected chi connectivity index (χ3v) is 6.05. The zero-order chi connectivity index (χ0) is 14.8. The number of likely N-dealkylation sites (tertiary alicyclic amines) is 1. The van der Waals surface area contributed by atoms with E-state index in [9.17, 15) is 0 Å². The fourth-order valence-corrected chi connectivity index (χ4v) is 4.42. The first-order valence-corrected chi connectivity index (χ1v) is 9.14. The minimum Gasteiger partial charge on any atom is -0.377 e. The first-order chi connectivity index (χ1) is 10.1. The second kappa shape index (κ2) is 6.55. The molecule has 1 unspecified atom stereocenters. The van der Waals surface area contributed by atoms with Crippen LogP contribution in [-0.2, 0) is 4.74 Å². The van der Waals surface area contributed by atoms with E-state index in [2.05, 4.69) is 17.1 Å². The summed E-state index contributed by atoms with van der Waals surface area (Å²) in [6.07, 6.45) is 12.5. The molecule has 1 N–H and O–H groups in total. The Morgan fingerprint density at radius 2 is 1.86 bits per heavy atom. The predicted octanol–water partition coefficient (Wildman–Crippen LogP) is 3.19. The van der Waals surface area contributed by atoms with E-state index >= 15 is 0 Å². The molecule has 3 aliphatic rings. The normalized spacial score (nSPS) is 34.0. The van der Waals surface area contributed by atoms with Crippen LogP contribution in [-0.4, -0.2) is 49.8 Å². The Bertz CT molecular complexity index is 336. The molecular weight excluding hydrogens is 260 g/mol. The van der Waals surface area contributed by atoms with Crippen LogP contribution in [0.1, 0.15) is 64.7 Å². The third kappa shape index (κ3) is 4.20. The molecule has 0 bridgehead atoms. The summed E-state index contributed by atoms with van der Waals surface area (Å²) in [6, 6.07) is 0.842. The molecule has 3 heteroatoms. The van der Waals surface area contributed by atoms with Crippen LogP contribution in [0.25, 0.3) is 0 Å². The van der Waals surface area contributed by atoms with Gasteiger partial charge in [-0.2, -0.15) is 0 Å². The van der Waals surface area contributed by atoms with Crippen molar-refractivity contribution in [3.8, 4) is 0 Å². The fourth-order valence-electron chi connectivity index (χ4n) is 4.42. The van der Waals surface area contributed by atoms with Gasteiger partial charge >= 0.3 is 0 Å². The minimum absolute atomic E-state index is 0.0814. The van der Waals surface area contributed by atoms with E-state index in [-0.39, 0.29) is 5.60 Å². The van der Waals surface area contributed by atoms with Crippen molar-refractivity contribution in [2.75, 3.05) is 33.3 Å². The summed E-state index contributed by atoms with van der Waals surface area (Å²) in [6.45, 7) is 7.21. The molecule has 0 spiro atoms. The van der Waals surface area contributed by atoms with Crippen molar-refractivity contribution < 1.29 is 4.74 Å². The van der Waals surface area contributed by atoms with Gasteiger partial charge in [0.15, 0.2) is 0 Å². The molecule has 0 amide bonds. The van der Waals surface area contributed by atoms with Gasteiger partial charge in [-0.1, -0.05) is 19.3 Å². The van der Waals surface area contributed by atoms with Crippen molar-refractivity contribution in [2.45, 2.75) is 76.4 Å². The van der Waals surface area contributed by atoms with Gasteiger partial charge in [-0.25, -0.2) is 0 Å². The summed E-state index contributed by atoms with van der Waals surface area (Å²) >= 11 is 0. The van der Waals surface area contributed by atoms with E-state index in [4.69, 9.17) is 4.74 Å². The van der Waals surface area contributed by atoms with E-state index in [0.717, 1.165) is 12.6 Å². The van der Waals surface area contributed by atoms with Crippen molar-refractivity contribution in [3.63, 3.8) is 0 Å². The summed E-state index contributed by atoms with van der Waals surface area (Å²) < 4.78 is 5.78. The molecule has 1 saturated heterocycles.